The highest BCUT2D eigenvalue weighted by Gasteiger charge is 2.06. The van der Waals surface area contributed by atoms with E-state index in [0.717, 1.165) is 31.2 Å². The summed E-state index contributed by atoms with van der Waals surface area (Å²) in [6.45, 7) is 6.55. The lowest BCUT2D eigenvalue weighted by molar-refractivity contribution is 0.396. The Morgan fingerprint density at radius 1 is 1.28 bits per heavy atom. The Kier molecular flexibility index (Phi) is 10.5. The Morgan fingerprint density at radius 3 is 2.80 bits per heavy atom. The Bertz CT molecular complexity index is 634. The number of methoxy groups -OCH3 is 1. The minimum absolute atomic E-state index is 0. The number of thiophene rings is 1. The maximum Gasteiger partial charge on any atom is 0.213 e. The van der Waals surface area contributed by atoms with Crippen molar-refractivity contribution in [2.45, 2.75) is 26.8 Å². The molecule has 0 aliphatic carbocycles. The molecular formula is C18H27IN4OS. The van der Waals surface area contributed by atoms with Gasteiger partial charge < -0.3 is 15.4 Å². The average Bonchev–Trinajstić information content (AvgIpc) is 3.10. The van der Waals surface area contributed by atoms with E-state index in [0.29, 0.717) is 18.3 Å². The van der Waals surface area contributed by atoms with Gasteiger partial charge in [-0.3, -0.25) is 0 Å². The van der Waals surface area contributed by atoms with E-state index in [1.807, 2.05) is 29.5 Å². The summed E-state index contributed by atoms with van der Waals surface area (Å²) in [5.41, 5.74) is 0.887. The Labute approximate surface area is 171 Å². The predicted molar refractivity (Wildman–Crippen MR) is 116 cm³/mol. The SMILES string of the molecule is CCNC(=NCc1cccc(OC)n1)NCC(C)Cc1cccs1.I. The number of ether oxygens (including phenoxy) is 1. The number of aliphatic imine (C=N–C) groups is 1. The van der Waals surface area contributed by atoms with Gasteiger partial charge in [0, 0.05) is 24.0 Å². The molecule has 1 unspecified atom stereocenters. The second kappa shape index (κ2) is 12.1. The van der Waals surface area contributed by atoms with Gasteiger partial charge in [-0.1, -0.05) is 19.1 Å². The van der Waals surface area contributed by atoms with Crippen LogP contribution in [0.25, 0.3) is 0 Å². The van der Waals surface area contributed by atoms with E-state index in [4.69, 9.17) is 4.74 Å². The summed E-state index contributed by atoms with van der Waals surface area (Å²) in [6, 6.07) is 10.0. The summed E-state index contributed by atoms with van der Waals surface area (Å²) in [5.74, 6) is 1.98. The van der Waals surface area contributed by atoms with E-state index < -0.39 is 0 Å². The van der Waals surface area contributed by atoms with Crippen molar-refractivity contribution in [1.29, 1.82) is 0 Å². The molecule has 2 rings (SSSR count). The molecule has 0 aliphatic heterocycles. The standard InChI is InChI=1S/C18H26N4OS.HI/c1-4-19-18(20-12-14(2)11-16-8-6-10-24-16)21-13-15-7-5-9-17(22-15)23-3;/h5-10,14H,4,11-13H2,1-3H3,(H2,19,20,21);1H. The first-order valence-corrected chi connectivity index (χ1v) is 9.13. The number of guanidine groups is 1. The average molecular weight is 474 g/mol. The maximum atomic E-state index is 5.15. The number of nitrogens with zero attached hydrogens (tertiary/aromatic N) is 2. The predicted octanol–water partition coefficient (Wildman–Crippen LogP) is 3.70. The van der Waals surface area contributed by atoms with E-state index in [1.54, 1.807) is 7.11 Å². The molecule has 0 spiro atoms. The highest BCUT2D eigenvalue weighted by atomic mass is 127. The lowest BCUT2D eigenvalue weighted by atomic mass is 10.1. The molecule has 0 saturated heterocycles. The number of hydrogen-bond donors (Lipinski definition) is 2. The monoisotopic (exact) mass is 474 g/mol. The fourth-order valence-electron chi connectivity index (χ4n) is 2.28. The van der Waals surface area contributed by atoms with Crippen LogP contribution in [-0.2, 0) is 13.0 Å². The first kappa shape index (κ1) is 21.7. The molecule has 2 heterocycles. The number of rotatable bonds is 8. The van der Waals surface area contributed by atoms with Gasteiger partial charge >= 0.3 is 0 Å². The van der Waals surface area contributed by atoms with Gasteiger partial charge in [0.25, 0.3) is 0 Å². The second-order valence-corrected chi connectivity index (χ2v) is 6.67. The highest BCUT2D eigenvalue weighted by molar-refractivity contribution is 14.0. The van der Waals surface area contributed by atoms with Crippen LogP contribution >= 0.6 is 35.3 Å². The number of halogens is 1. The van der Waals surface area contributed by atoms with Crippen molar-refractivity contribution in [3.63, 3.8) is 0 Å². The van der Waals surface area contributed by atoms with Crippen LogP contribution < -0.4 is 15.4 Å². The van der Waals surface area contributed by atoms with E-state index in [-0.39, 0.29) is 24.0 Å². The molecule has 0 fully saturated rings. The Morgan fingerprint density at radius 2 is 2.12 bits per heavy atom. The number of hydrogen-bond acceptors (Lipinski definition) is 4. The fraction of sp³-hybridized carbons (Fsp3) is 0.444. The highest BCUT2D eigenvalue weighted by Crippen LogP contribution is 2.13. The molecule has 138 valence electrons. The largest absolute Gasteiger partial charge is 0.481 e. The van der Waals surface area contributed by atoms with Gasteiger partial charge in [-0.15, -0.1) is 35.3 Å². The maximum absolute atomic E-state index is 5.15. The summed E-state index contributed by atoms with van der Waals surface area (Å²) < 4.78 is 5.15. The van der Waals surface area contributed by atoms with Crippen LogP contribution in [0.3, 0.4) is 0 Å². The molecule has 0 bridgehead atoms. The molecule has 2 N–H and O–H groups in total. The Hall–Kier alpha value is -1.35. The van der Waals surface area contributed by atoms with Gasteiger partial charge in [-0.25, -0.2) is 9.98 Å². The van der Waals surface area contributed by atoms with Crippen molar-refractivity contribution in [3.05, 3.63) is 46.3 Å². The molecule has 1 atom stereocenters. The number of aromatic nitrogens is 1. The van der Waals surface area contributed by atoms with E-state index in [9.17, 15) is 0 Å². The van der Waals surface area contributed by atoms with Crippen LogP contribution in [0.2, 0.25) is 0 Å². The summed E-state index contributed by atoms with van der Waals surface area (Å²) >= 11 is 1.81. The van der Waals surface area contributed by atoms with Crippen molar-refractivity contribution in [2.75, 3.05) is 20.2 Å². The molecule has 5 nitrogen and oxygen atoms in total. The van der Waals surface area contributed by atoms with Crippen LogP contribution in [0.4, 0.5) is 0 Å². The first-order chi connectivity index (χ1) is 11.7. The van der Waals surface area contributed by atoms with Gasteiger partial charge in [-0.05, 0) is 36.8 Å². The fourth-order valence-corrected chi connectivity index (χ4v) is 3.15. The van der Waals surface area contributed by atoms with Gasteiger partial charge in [0.05, 0.1) is 19.3 Å². The lowest BCUT2D eigenvalue weighted by Crippen LogP contribution is -2.39. The lowest BCUT2D eigenvalue weighted by Gasteiger charge is -2.15. The van der Waals surface area contributed by atoms with Gasteiger partial charge in [-0.2, -0.15) is 0 Å². The minimum atomic E-state index is 0. The molecular weight excluding hydrogens is 447 g/mol. The van der Waals surface area contributed by atoms with Gasteiger partial charge in [0.15, 0.2) is 5.96 Å². The summed E-state index contributed by atoms with van der Waals surface area (Å²) in [5, 5.41) is 8.82. The summed E-state index contributed by atoms with van der Waals surface area (Å²) in [7, 11) is 1.62. The van der Waals surface area contributed by atoms with Gasteiger partial charge in [0.1, 0.15) is 0 Å². The second-order valence-electron chi connectivity index (χ2n) is 5.64. The molecule has 0 aromatic carbocycles. The molecule has 0 aliphatic rings. The third-order valence-electron chi connectivity index (χ3n) is 3.48. The van der Waals surface area contributed by atoms with Crippen molar-refractivity contribution in [2.24, 2.45) is 10.9 Å². The van der Waals surface area contributed by atoms with Crippen molar-refractivity contribution in [1.82, 2.24) is 15.6 Å². The van der Waals surface area contributed by atoms with Crippen molar-refractivity contribution >= 4 is 41.3 Å². The Balaban J connectivity index is 0.00000312. The zero-order valence-corrected chi connectivity index (χ0v) is 18.1. The third kappa shape index (κ3) is 8.04. The zero-order valence-electron chi connectivity index (χ0n) is 15.0. The molecule has 2 aromatic heterocycles. The van der Waals surface area contributed by atoms with Crippen LogP contribution in [0, 0.1) is 5.92 Å². The molecule has 25 heavy (non-hydrogen) atoms. The van der Waals surface area contributed by atoms with Crippen LogP contribution in [0.1, 0.15) is 24.4 Å². The molecule has 0 radical (unpaired) electrons. The van der Waals surface area contributed by atoms with Crippen molar-refractivity contribution < 1.29 is 4.74 Å². The quantitative estimate of drug-likeness (QED) is 0.348. The molecule has 0 saturated carbocycles. The molecule has 7 heteroatoms. The minimum Gasteiger partial charge on any atom is -0.481 e. The van der Waals surface area contributed by atoms with Crippen LogP contribution in [0.15, 0.2) is 40.7 Å². The van der Waals surface area contributed by atoms with Crippen LogP contribution in [0.5, 0.6) is 5.88 Å². The molecule has 0 amide bonds. The summed E-state index contributed by atoms with van der Waals surface area (Å²) in [6.07, 6.45) is 1.08. The third-order valence-corrected chi connectivity index (χ3v) is 4.38. The smallest absolute Gasteiger partial charge is 0.213 e. The first-order valence-electron chi connectivity index (χ1n) is 8.25. The van der Waals surface area contributed by atoms with Crippen LogP contribution in [-0.4, -0.2) is 31.1 Å². The summed E-state index contributed by atoms with van der Waals surface area (Å²) in [4.78, 5) is 10.4. The van der Waals surface area contributed by atoms with Crippen molar-refractivity contribution in [3.8, 4) is 5.88 Å². The zero-order chi connectivity index (χ0) is 17.2. The normalized spacial score (nSPS) is 12.2. The topological polar surface area (TPSA) is 58.5 Å². The number of pyridine rings is 1. The van der Waals surface area contributed by atoms with E-state index in [1.165, 1.54) is 4.88 Å². The van der Waals surface area contributed by atoms with Gasteiger partial charge in [0.2, 0.25) is 5.88 Å². The molecule has 2 aromatic rings. The number of nitrogens with one attached hydrogen (secondary N) is 2. The van der Waals surface area contributed by atoms with E-state index >= 15 is 0 Å². The van der Waals surface area contributed by atoms with E-state index in [2.05, 4.69) is 52.0 Å².